The summed E-state index contributed by atoms with van der Waals surface area (Å²) in [6, 6.07) is 1.50. The number of hydrogen-bond acceptors (Lipinski definition) is 4. The number of Topliss-reactive ketones (excluding diaryl/α,β-unsaturated/α-hetero) is 1. The van der Waals surface area contributed by atoms with Gasteiger partial charge in [0.2, 0.25) is 5.78 Å². The van der Waals surface area contributed by atoms with Crippen molar-refractivity contribution < 1.29 is 27.5 Å². The summed E-state index contributed by atoms with van der Waals surface area (Å²) in [4.78, 5) is 21.5. The first-order valence-electron chi connectivity index (χ1n) is 4.49. The summed E-state index contributed by atoms with van der Waals surface area (Å²) in [5, 5.41) is 8.50. The molecule has 7 heteroatoms. The Hall–Kier alpha value is -1.58. The molecule has 0 N–H and O–H groups in total. The van der Waals surface area contributed by atoms with Crippen LogP contribution in [0.1, 0.15) is 19.8 Å². The number of carbonyl (C=O) groups is 2. The van der Waals surface area contributed by atoms with Crippen molar-refractivity contribution in [2.45, 2.75) is 25.9 Å². The van der Waals surface area contributed by atoms with Crippen LogP contribution >= 0.6 is 0 Å². The summed E-state index contributed by atoms with van der Waals surface area (Å²) < 4.78 is 39.9. The molecule has 0 rings (SSSR count). The number of alkyl halides is 3. The fourth-order valence-corrected chi connectivity index (χ4v) is 0.895. The normalized spacial score (nSPS) is 12.7. The van der Waals surface area contributed by atoms with Crippen molar-refractivity contribution in [3.05, 3.63) is 0 Å². The van der Waals surface area contributed by atoms with E-state index < -0.39 is 36.7 Å². The average molecular weight is 237 g/mol. The highest BCUT2D eigenvalue weighted by Gasteiger charge is 2.38. The molecule has 0 aromatic heterocycles. The molecule has 1 atom stereocenters. The monoisotopic (exact) mass is 237 g/mol. The van der Waals surface area contributed by atoms with Gasteiger partial charge in [-0.2, -0.15) is 18.4 Å². The summed E-state index contributed by atoms with van der Waals surface area (Å²) in [6.07, 6.45) is -6.29. The Bertz CT molecular complexity index is 306. The van der Waals surface area contributed by atoms with Crippen LogP contribution < -0.4 is 0 Å². The van der Waals surface area contributed by atoms with Crippen LogP contribution in [-0.4, -0.2) is 24.5 Å². The van der Waals surface area contributed by atoms with E-state index in [-0.39, 0.29) is 6.61 Å². The first kappa shape index (κ1) is 14.4. The summed E-state index contributed by atoms with van der Waals surface area (Å²) in [7, 11) is 0. The van der Waals surface area contributed by atoms with Gasteiger partial charge < -0.3 is 4.74 Å². The number of esters is 1. The van der Waals surface area contributed by atoms with Gasteiger partial charge in [-0.3, -0.25) is 9.59 Å². The lowest BCUT2D eigenvalue weighted by atomic mass is 10.0. The van der Waals surface area contributed by atoms with Gasteiger partial charge in [-0.25, -0.2) is 0 Å². The molecule has 0 amide bonds. The molecule has 0 bridgehead atoms. The van der Waals surface area contributed by atoms with Crippen LogP contribution in [0.4, 0.5) is 13.2 Å². The molecule has 90 valence electrons. The molecule has 0 aromatic carbocycles. The third kappa shape index (κ3) is 4.77. The number of nitriles is 1. The predicted octanol–water partition coefficient (Wildman–Crippen LogP) is 1.60. The van der Waals surface area contributed by atoms with Gasteiger partial charge in [0.15, 0.2) is 0 Å². The highest BCUT2D eigenvalue weighted by Crippen LogP contribution is 2.20. The van der Waals surface area contributed by atoms with Crippen molar-refractivity contribution >= 4 is 11.8 Å². The van der Waals surface area contributed by atoms with Gasteiger partial charge in [0.05, 0.1) is 12.7 Å². The molecule has 0 spiro atoms. The average Bonchev–Trinajstić information content (AvgIpc) is 2.17. The van der Waals surface area contributed by atoms with E-state index >= 15 is 0 Å². The molecular weight excluding hydrogens is 227 g/mol. The lowest BCUT2D eigenvalue weighted by Gasteiger charge is -2.08. The Morgan fingerprint density at radius 1 is 1.44 bits per heavy atom. The molecular formula is C9H10F3NO3. The van der Waals surface area contributed by atoms with Gasteiger partial charge in [0.1, 0.15) is 5.92 Å². The van der Waals surface area contributed by atoms with Crippen LogP contribution in [0, 0.1) is 17.2 Å². The number of carbonyl (C=O) groups excluding carboxylic acids is 2. The topological polar surface area (TPSA) is 67.2 Å². The fraction of sp³-hybridized carbons (Fsp3) is 0.667. The van der Waals surface area contributed by atoms with Gasteiger partial charge in [-0.1, -0.05) is 0 Å². The van der Waals surface area contributed by atoms with Gasteiger partial charge in [0, 0.05) is 6.42 Å². The maximum atomic E-state index is 11.8. The highest BCUT2D eigenvalue weighted by molar-refractivity contribution is 5.84. The molecule has 0 saturated heterocycles. The van der Waals surface area contributed by atoms with Gasteiger partial charge in [0.25, 0.3) is 0 Å². The maximum absolute atomic E-state index is 11.8. The third-order valence-corrected chi connectivity index (χ3v) is 1.70. The highest BCUT2D eigenvalue weighted by atomic mass is 19.4. The van der Waals surface area contributed by atoms with E-state index in [0.717, 1.165) is 0 Å². The minimum absolute atomic E-state index is 0.0320. The number of nitrogens with zero attached hydrogens (tertiary/aromatic N) is 1. The summed E-state index contributed by atoms with van der Waals surface area (Å²) in [5.41, 5.74) is 0. The molecule has 0 aliphatic heterocycles. The summed E-state index contributed by atoms with van der Waals surface area (Å²) in [6.45, 7) is 1.54. The van der Waals surface area contributed by atoms with Crippen molar-refractivity contribution in [1.82, 2.24) is 0 Å². The zero-order chi connectivity index (χ0) is 12.8. The van der Waals surface area contributed by atoms with Crippen LogP contribution in [0.25, 0.3) is 0 Å². The molecule has 0 aliphatic rings. The molecule has 0 fully saturated rings. The van der Waals surface area contributed by atoms with Crippen molar-refractivity contribution in [3.8, 4) is 6.07 Å². The minimum atomic E-state index is -4.92. The molecule has 16 heavy (non-hydrogen) atoms. The largest absolute Gasteiger partial charge is 0.465 e. The Labute approximate surface area is 90.0 Å². The SMILES string of the molecule is CCOC(=O)C(C#N)CCC(=O)C(F)(F)F. The van der Waals surface area contributed by atoms with Crippen LogP contribution in [0.5, 0.6) is 0 Å². The Kier molecular flexibility index (Phi) is 5.50. The van der Waals surface area contributed by atoms with Crippen LogP contribution in [0.2, 0.25) is 0 Å². The van der Waals surface area contributed by atoms with Crippen molar-refractivity contribution in [2.75, 3.05) is 6.61 Å². The summed E-state index contributed by atoms with van der Waals surface area (Å²) >= 11 is 0. The molecule has 0 aliphatic carbocycles. The van der Waals surface area contributed by atoms with Crippen molar-refractivity contribution in [1.29, 1.82) is 5.26 Å². The number of ether oxygens (including phenoxy) is 1. The fourth-order valence-electron chi connectivity index (χ4n) is 0.895. The quantitative estimate of drug-likeness (QED) is 0.681. The van der Waals surface area contributed by atoms with E-state index in [1.54, 1.807) is 0 Å². The third-order valence-electron chi connectivity index (χ3n) is 1.70. The standard InChI is InChI=1S/C9H10F3NO3/c1-2-16-8(15)6(5-13)3-4-7(14)9(10,11)12/h6H,2-4H2,1H3. The van der Waals surface area contributed by atoms with E-state index in [1.807, 2.05) is 0 Å². The second-order valence-corrected chi connectivity index (χ2v) is 2.89. The van der Waals surface area contributed by atoms with Gasteiger partial charge in [-0.05, 0) is 13.3 Å². The number of halogens is 3. The van der Waals surface area contributed by atoms with Crippen LogP contribution in [0.15, 0.2) is 0 Å². The van der Waals surface area contributed by atoms with E-state index in [4.69, 9.17) is 5.26 Å². The Morgan fingerprint density at radius 3 is 2.38 bits per heavy atom. The van der Waals surface area contributed by atoms with Gasteiger partial charge in [-0.15, -0.1) is 0 Å². The summed E-state index contributed by atoms with van der Waals surface area (Å²) in [5.74, 6) is -4.18. The molecule has 1 unspecified atom stereocenters. The van der Waals surface area contributed by atoms with Crippen LogP contribution in [-0.2, 0) is 14.3 Å². The van der Waals surface area contributed by atoms with Crippen LogP contribution in [0.3, 0.4) is 0 Å². The molecule has 0 heterocycles. The van der Waals surface area contributed by atoms with Crippen molar-refractivity contribution in [2.24, 2.45) is 5.92 Å². The smallest absolute Gasteiger partial charge is 0.449 e. The molecule has 0 saturated carbocycles. The molecule has 0 radical (unpaired) electrons. The lowest BCUT2D eigenvalue weighted by Crippen LogP contribution is -2.25. The minimum Gasteiger partial charge on any atom is -0.465 e. The molecule has 4 nitrogen and oxygen atoms in total. The Morgan fingerprint density at radius 2 is 2.00 bits per heavy atom. The second-order valence-electron chi connectivity index (χ2n) is 2.89. The number of rotatable bonds is 5. The Balaban J connectivity index is 4.23. The zero-order valence-electron chi connectivity index (χ0n) is 8.50. The van der Waals surface area contributed by atoms with E-state index in [2.05, 4.69) is 4.74 Å². The maximum Gasteiger partial charge on any atom is 0.449 e. The zero-order valence-corrected chi connectivity index (χ0v) is 8.50. The van der Waals surface area contributed by atoms with E-state index in [9.17, 15) is 22.8 Å². The predicted molar refractivity (Wildman–Crippen MR) is 46.0 cm³/mol. The first-order valence-corrected chi connectivity index (χ1v) is 4.49. The van der Waals surface area contributed by atoms with E-state index in [0.29, 0.717) is 0 Å². The lowest BCUT2D eigenvalue weighted by molar-refractivity contribution is -0.171. The number of hydrogen-bond donors (Lipinski definition) is 0. The number of ketones is 1. The van der Waals surface area contributed by atoms with Crippen molar-refractivity contribution in [3.63, 3.8) is 0 Å². The molecule has 0 aromatic rings. The second kappa shape index (κ2) is 6.10. The van der Waals surface area contributed by atoms with Gasteiger partial charge >= 0.3 is 12.1 Å². The first-order chi connectivity index (χ1) is 7.32. The van der Waals surface area contributed by atoms with E-state index in [1.165, 1.54) is 13.0 Å².